The minimum Gasteiger partial charge on any atom is -0.481 e. The molecule has 3 aromatic rings. The predicted octanol–water partition coefficient (Wildman–Crippen LogP) is 4.20. The van der Waals surface area contributed by atoms with E-state index < -0.39 is 24.6 Å². The number of carbonyl (C=O) groups excluding carboxylic acids is 1. The van der Waals surface area contributed by atoms with Crippen molar-refractivity contribution in [2.45, 2.75) is 38.2 Å². The molecule has 0 atom stereocenters. The Bertz CT molecular complexity index is 1380. The van der Waals surface area contributed by atoms with Crippen molar-refractivity contribution in [3.05, 3.63) is 83.2 Å². The molecule has 1 fully saturated rings. The van der Waals surface area contributed by atoms with Crippen molar-refractivity contribution in [3.63, 3.8) is 0 Å². The van der Waals surface area contributed by atoms with Crippen LogP contribution in [0, 0.1) is 17.8 Å². The van der Waals surface area contributed by atoms with E-state index in [0.717, 1.165) is 50.3 Å². The highest BCUT2D eigenvalue weighted by Crippen LogP contribution is 2.28. The van der Waals surface area contributed by atoms with E-state index in [1.807, 2.05) is 12.1 Å². The van der Waals surface area contributed by atoms with Crippen molar-refractivity contribution in [3.8, 4) is 11.8 Å². The lowest BCUT2D eigenvalue weighted by Gasteiger charge is -2.32. The third kappa shape index (κ3) is 8.33. The summed E-state index contributed by atoms with van der Waals surface area (Å²) in [6, 6.07) is 11.8. The van der Waals surface area contributed by atoms with Crippen LogP contribution in [-0.4, -0.2) is 56.7 Å². The first-order valence-corrected chi connectivity index (χ1v) is 12.7. The SMILES string of the molecule is O=C(O)CCCN1CCC(c2cccc(C#Cc3cc(NC(=O)Nc4cc(F)ncc4CO)ccn3)c2)CC1. The second-order valence-corrected chi connectivity index (χ2v) is 9.32. The Balaban J connectivity index is 1.35. The Morgan fingerprint density at radius 3 is 2.67 bits per heavy atom. The van der Waals surface area contributed by atoms with Crippen LogP contribution >= 0.6 is 0 Å². The van der Waals surface area contributed by atoms with Crippen LogP contribution in [0.5, 0.6) is 0 Å². The van der Waals surface area contributed by atoms with Gasteiger partial charge in [-0.15, -0.1) is 0 Å². The second-order valence-electron chi connectivity index (χ2n) is 9.32. The zero-order valence-electron chi connectivity index (χ0n) is 21.4. The van der Waals surface area contributed by atoms with Crippen molar-refractivity contribution in [2.24, 2.45) is 0 Å². The fraction of sp³-hybridized carbons (Fsp3) is 0.310. The van der Waals surface area contributed by atoms with Gasteiger partial charge in [-0.25, -0.2) is 14.8 Å². The van der Waals surface area contributed by atoms with Crippen LogP contribution in [0.25, 0.3) is 0 Å². The molecule has 1 saturated heterocycles. The zero-order valence-corrected chi connectivity index (χ0v) is 21.4. The normalized spacial score (nSPS) is 13.8. The number of nitrogens with one attached hydrogen (secondary N) is 2. The number of urea groups is 1. The summed E-state index contributed by atoms with van der Waals surface area (Å²) in [4.78, 5) is 33.2. The fourth-order valence-corrected chi connectivity index (χ4v) is 4.51. The number of pyridine rings is 2. The topological polar surface area (TPSA) is 128 Å². The average Bonchev–Trinajstić information content (AvgIpc) is 2.92. The number of amides is 2. The van der Waals surface area contributed by atoms with Crippen LogP contribution in [0.4, 0.5) is 20.6 Å². The molecule has 1 aliphatic rings. The molecule has 4 rings (SSSR count). The number of aliphatic carboxylic acids is 1. The molecule has 0 aliphatic carbocycles. The van der Waals surface area contributed by atoms with Gasteiger partial charge in [-0.05, 0) is 80.6 Å². The van der Waals surface area contributed by atoms with Gasteiger partial charge in [0.2, 0.25) is 5.95 Å². The highest BCUT2D eigenvalue weighted by molar-refractivity contribution is 6.00. The number of benzene rings is 1. The molecule has 1 aliphatic heterocycles. The van der Waals surface area contributed by atoms with Gasteiger partial charge in [0.25, 0.3) is 0 Å². The molecule has 202 valence electrons. The lowest BCUT2D eigenvalue weighted by Crippen LogP contribution is -2.33. The number of likely N-dealkylation sites (tertiary alicyclic amines) is 1. The summed E-state index contributed by atoms with van der Waals surface area (Å²) in [5, 5.41) is 23.4. The number of carboxylic acid groups (broad SMARTS) is 1. The quantitative estimate of drug-likeness (QED) is 0.253. The molecule has 0 radical (unpaired) electrons. The van der Waals surface area contributed by atoms with Crippen molar-refractivity contribution >= 4 is 23.4 Å². The first-order valence-electron chi connectivity index (χ1n) is 12.7. The van der Waals surface area contributed by atoms with Crippen molar-refractivity contribution in [1.82, 2.24) is 14.9 Å². The number of nitrogens with zero attached hydrogens (tertiary/aromatic N) is 3. The summed E-state index contributed by atoms with van der Waals surface area (Å²) in [6.45, 7) is 2.33. The minimum absolute atomic E-state index is 0.125. The van der Waals surface area contributed by atoms with Gasteiger partial charge in [0, 0.05) is 41.7 Å². The fourth-order valence-electron chi connectivity index (χ4n) is 4.51. The Morgan fingerprint density at radius 1 is 1.08 bits per heavy atom. The maximum absolute atomic E-state index is 13.4. The number of piperidine rings is 1. The zero-order chi connectivity index (χ0) is 27.6. The van der Waals surface area contributed by atoms with Crippen LogP contribution in [0.15, 0.2) is 54.9 Å². The predicted molar refractivity (Wildman–Crippen MR) is 145 cm³/mol. The van der Waals surface area contributed by atoms with E-state index in [-0.39, 0.29) is 17.7 Å². The standard InChI is InChI=1S/C29H30FN5O4/c30-27-17-26(23(19-36)18-32-27)34-29(39)33-25-8-11-31-24(16-25)7-6-20-3-1-4-22(15-20)21-9-13-35(14-10-21)12-2-5-28(37)38/h1,3-4,8,11,15-18,21,36H,2,5,9-10,12-14,19H2,(H,37,38)(H2,31,32,33,34,39). The number of halogens is 1. The minimum atomic E-state index is -0.772. The molecular weight excluding hydrogens is 501 g/mol. The van der Waals surface area contributed by atoms with Crippen molar-refractivity contribution in [1.29, 1.82) is 0 Å². The molecule has 2 aromatic heterocycles. The number of hydrogen-bond acceptors (Lipinski definition) is 6. The van der Waals surface area contributed by atoms with Gasteiger partial charge in [-0.3, -0.25) is 4.79 Å². The molecule has 4 N–H and O–H groups in total. The first-order chi connectivity index (χ1) is 18.9. The molecule has 0 bridgehead atoms. The Hall–Kier alpha value is -4.33. The van der Waals surface area contributed by atoms with Gasteiger partial charge in [0.05, 0.1) is 12.3 Å². The van der Waals surface area contributed by atoms with Gasteiger partial charge in [-0.1, -0.05) is 18.1 Å². The molecular formula is C29H30FN5O4. The Morgan fingerprint density at radius 2 is 1.90 bits per heavy atom. The van der Waals surface area contributed by atoms with E-state index in [2.05, 4.69) is 49.5 Å². The number of anilines is 2. The molecule has 0 saturated carbocycles. The third-order valence-electron chi connectivity index (χ3n) is 6.53. The average molecular weight is 532 g/mol. The summed E-state index contributed by atoms with van der Waals surface area (Å²) in [5.41, 5.74) is 3.44. The van der Waals surface area contributed by atoms with Gasteiger partial charge in [0.15, 0.2) is 0 Å². The molecule has 0 unspecified atom stereocenters. The summed E-state index contributed by atoms with van der Waals surface area (Å²) < 4.78 is 13.4. The van der Waals surface area contributed by atoms with Gasteiger partial charge in [-0.2, -0.15) is 4.39 Å². The smallest absolute Gasteiger partial charge is 0.323 e. The van der Waals surface area contributed by atoms with E-state index in [1.54, 1.807) is 12.1 Å². The Labute approximate surface area is 226 Å². The lowest BCUT2D eigenvalue weighted by molar-refractivity contribution is -0.137. The molecule has 3 heterocycles. The van der Waals surface area contributed by atoms with Crippen LogP contribution < -0.4 is 10.6 Å². The Kier molecular flexibility index (Phi) is 9.56. The molecule has 0 spiro atoms. The number of hydrogen-bond donors (Lipinski definition) is 4. The van der Waals surface area contributed by atoms with Crippen LogP contribution in [0.2, 0.25) is 0 Å². The summed E-state index contributed by atoms with van der Waals surface area (Å²) >= 11 is 0. The number of carboxylic acids is 1. The molecule has 2 amide bonds. The number of aliphatic hydroxyl groups is 1. The van der Waals surface area contributed by atoms with E-state index >= 15 is 0 Å². The highest BCUT2D eigenvalue weighted by Gasteiger charge is 2.20. The van der Waals surface area contributed by atoms with Crippen LogP contribution in [0.3, 0.4) is 0 Å². The van der Waals surface area contributed by atoms with Gasteiger partial charge in [0.1, 0.15) is 5.69 Å². The highest BCUT2D eigenvalue weighted by atomic mass is 19.1. The van der Waals surface area contributed by atoms with Crippen LogP contribution in [-0.2, 0) is 11.4 Å². The summed E-state index contributed by atoms with van der Waals surface area (Å²) in [6.07, 6.45) is 5.62. The van der Waals surface area contributed by atoms with E-state index in [1.165, 1.54) is 11.8 Å². The maximum atomic E-state index is 13.4. The first kappa shape index (κ1) is 27.7. The molecule has 39 heavy (non-hydrogen) atoms. The molecule has 1 aromatic carbocycles. The second kappa shape index (κ2) is 13.5. The van der Waals surface area contributed by atoms with Crippen LogP contribution in [0.1, 0.15) is 54.0 Å². The molecule has 10 heteroatoms. The van der Waals surface area contributed by atoms with Crippen molar-refractivity contribution in [2.75, 3.05) is 30.3 Å². The van der Waals surface area contributed by atoms with E-state index in [9.17, 15) is 19.1 Å². The number of rotatable bonds is 8. The van der Waals surface area contributed by atoms with Gasteiger partial charge < -0.3 is 25.7 Å². The van der Waals surface area contributed by atoms with Crippen molar-refractivity contribution < 1.29 is 24.2 Å². The number of aliphatic hydroxyl groups excluding tert-OH is 1. The van der Waals surface area contributed by atoms with Gasteiger partial charge >= 0.3 is 12.0 Å². The number of carbonyl (C=O) groups is 2. The van der Waals surface area contributed by atoms with E-state index in [4.69, 9.17) is 5.11 Å². The maximum Gasteiger partial charge on any atom is 0.323 e. The monoisotopic (exact) mass is 531 g/mol. The summed E-state index contributed by atoms with van der Waals surface area (Å²) in [7, 11) is 0. The third-order valence-corrected chi connectivity index (χ3v) is 6.53. The largest absolute Gasteiger partial charge is 0.481 e. The summed E-state index contributed by atoms with van der Waals surface area (Å²) in [5.74, 6) is 5.10. The van der Waals surface area contributed by atoms with E-state index in [0.29, 0.717) is 23.7 Å². The number of aromatic nitrogens is 2. The lowest BCUT2D eigenvalue weighted by atomic mass is 9.88. The molecule has 9 nitrogen and oxygen atoms in total.